The molecule has 0 amide bonds. The molecule has 0 saturated carbocycles. The predicted octanol–water partition coefficient (Wildman–Crippen LogP) is 2.18. The van der Waals surface area contributed by atoms with Crippen molar-refractivity contribution in [2.45, 2.75) is 30.8 Å². The van der Waals surface area contributed by atoms with Gasteiger partial charge in [0.05, 0.1) is 0 Å². The third-order valence-electron chi connectivity index (χ3n) is 2.62. The van der Waals surface area contributed by atoms with E-state index in [0.717, 1.165) is 43.6 Å². The lowest BCUT2D eigenvalue weighted by atomic mass is 10.2. The van der Waals surface area contributed by atoms with E-state index in [9.17, 15) is 13.2 Å². The van der Waals surface area contributed by atoms with E-state index < -0.39 is 16.0 Å². The highest BCUT2D eigenvalue weighted by Crippen LogP contribution is 2.13. The third kappa shape index (κ3) is 5.56. The van der Waals surface area contributed by atoms with Crippen molar-refractivity contribution in [1.82, 2.24) is 4.72 Å². The average molecular weight is 321 g/mol. The minimum absolute atomic E-state index is 0.324. The Morgan fingerprint density at radius 3 is 2.60 bits per heavy atom. The number of aromatic carboxylic acids is 1. The van der Waals surface area contributed by atoms with Crippen molar-refractivity contribution in [3.05, 3.63) is 17.9 Å². The first kappa shape index (κ1) is 17.1. The second-order valence-electron chi connectivity index (χ2n) is 4.23. The van der Waals surface area contributed by atoms with Crippen molar-refractivity contribution in [2.75, 3.05) is 18.6 Å². The van der Waals surface area contributed by atoms with Crippen molar-refractivity contribution in [3.63, 3.8) is 0 Å². The van der Waals surface area contributed by atoms with Crippen LogP contribution in [-0.4, -0.2) is 38.0 Å². The lowest BCUT2D eigenvalue weighted by Crippen LogP contribution is -2.24. The Kier molecular flexibility index (Phi) is 7.11. The zero-order valence-corrected chi connectivity index (χ0v) is 12.9. The van der Waals surface area contributed by atoms with Crippen molar-refractivity contribution >= 4 is 27.8 Å². The number of carboxylic acids is 1. The van der Waals surface area contributed by atoms with Crippen LogP contribution >= 0.6 is 11.8 Å². The Balaban J connectivity index is 2.36. The first-order valence-electron chi connectivity index (χ1n) is 6.29. The van der Waals surface area contributed by atoms with Gasteiger partial charge in [-0.2, -0.15) is 11.8 Å². The summed E-state index contributed by atoms with van der Waals surface area (Å²) in [6.07, 6.45) is 5.98. The molecule has 114 valence electrons. The molecule has 0 aromatic carbocycles. The average Bonchev–Trinajstić information content (AvgIpc) is 2.88. The van der Waals surface area contributed by atoms with Crippen molar-refractivity contribution < 1.29 is 22.7 Å². The summed E-state index contributed by atoms with van der Waals surface area (Å²) in [6, 6.07) is 2.27. The number of nitrogens with one attached hydrogen (secondary N) is 1. The fourth-order valence-corrected chi connectivity index (χ4v) is 3.08. The second-order valence-corrected chi connectivity index (χ2v) is 6.91. The number of rotatable bonds is 10. The summed E-state index contributed by atoms with van der Waals surface area (Å²) in [5.74, 6) is -0.557. The first-order chi connectivity index (χ1) is 9.47. The minimum atomic E-state index is -3.75. The van der Waals surface area contributed by atoms with Gasteiger partial charge >= 0.3 is 5.97 Å². The number of hydrogen-bond donors (Lipinski definition) is 2. The third-order valence-corrected chi connectivity index (χ3v) is 4.65. The molecule has 1 heterocycles. The first-order valence-corrected chi connectivity index (χ1v) is 9.17. The van der Waals surface area contributed by atoms with E-state index in [1.54, 1.807) is 11.8 Å². The summed E-state index contributed by atoms with van der Waals surface area (Å²) >= 11 is 1.80. The highest BCUT2D eigenvalue weighted by molar-refractivity contribution is 7.98. The molecule has 1 aromatic heterocycles. The van der Waals surface area contributed by atoms with E-state index in [4.69, 9.17) is 9.52 Å². The SMILES string of the molecule is CSCCCCCCNS(=O)(=O)c1ccc(C(=O)O)o1. The molecule has 0 aliphatic carbocycles. The van der Waals surface area contributed by atoms with Crippen LogP contribution in [0.2, 0.25) is 0 Å². The van der Waals surface area contributed by atoms with Crippen LogP contribution in [0.25, 0.3) is 0 Å². The zero-order chi connectivity index (χ0) is 15.0. The second kappa shape index (κ2) is 8.33. The highest BCUT2D eigenvalue weighted by atomic mass is 32.2. The molecule has 0 saturated heterocycles. The van der Waals surface area contributed by atoms with Gasteiger partial charge in [0.1, 0.15) is 0 Å². The molecule has 0 atom stereocenters. The molecule has 8 heteroatoms. The van der Waals surface area contributed by atoms with Gasteiger partial charge in [-0.25, -0.2) is 17.9 Å². The van der Waals surface area contributed by atoms with E-state index in [1.807, 2.05) is 0 Å². The van der Waals surface area contributed by atoms with Gasteiger partial charge < -0.3 is 9.52 Å². The van der Waals surface area contributed by atoms with Gasteiger partial charge in [0, 0.05) is 6.54 Å². The van der Waals surface area contributed by atoms with Crippen molar-refractivity contribution in [2.24, 2.45) is 0 Å². The lowest BCUT2D eigenvalue weighted by Gasteiger charge is -2.04. The summed E-state index contributed by atoms with van der Waals surface area (Å²) in [6.45, 7) is 0.324. The van der Waals surface area contributed by atoms with Gasteiger partial charge in [-0.15, -0.1) is 0 Å². The van der Waals surface area contributed by atoms with Crippen molar-refractivity contribution in [1.29, 1.82) is 0 Å². The van der Waals surface area contributed by atoms with Gasteiger partial charge in [-0.05, 0) is 37.0 Å². The summed E-state index contributed by atoms with van der Waals surface area (Å²) in [4.78, 5) is 10.6. The Morgan fingerprint density at radius 2 is 2.00 bits per heavy atom. The maximum Gasteiger partial charge on any atom is 0.371 e. The van der Waals surface area contributed by atoms with Crippen LogP contribution in [0.3, 0.4) is 0 Å². The fourth-order valence-electron chi connectivity index (χ4n) is 1.58. The standard InChI is InChI=1S/C12H19NO5S2/c1-19-9-5-3-2-4-8-13-20(16,17)11-7-6-10(18-11)12(14)15/h6-7,13H,2-5,8-9H2,1H3,(H,14,15). The summed E-state index contributed by atoms with van der Waals surface area (Å²) in [5.41, 5.74) is 0. The lowest BCUT2D eigenvalue weighted by molar-refractivity contribution is 0.0656. The monoisotopic (exact) mass is 321 g/mol. The maximum atomic E-state index is 11.8. The van der Waals surface area contributed by atoms with Gasteiger partial charge in [-0.1, -0.05) is 12.8 Å². The number of carboxylic acid groups (broad SMARTS) is 1. The Hall–Kier alpha value is -0.990. The normalized spacial score (nSPS) is 11.7. The predicted molar refractivity (Wildman–Crippen MR) is 77.7 cm³/mol. The van der Waals surface area contributed by atoms with Gasteiger partial charge in [0.2, 0.25) is 10.9 Å². The molecule has 0 radical (unpaired) electrons. The maximum absolute atomic E-state index is 11.8. The molecule has 0 unspecified atom stereocenters. The van der Waals surface area contributed by atoms with Gasteiger partial charge in [0.25, 0.3) is 10.0 Å². The number of carbonyl (C=O) groups is 1. The molecule has 1 rings (SSSR count). The summed E-state index contributed by atoms with van der Waals surface area (Å²) < 4.78 is 30.8. The minimum Gasteiger partial charge on any atom is -0.475 e. The van der Waals surface area contributed by atoms with Crippen LogP contribution in [0.5, 0.6) is 0 Å². The van der Waals surface area contributed by atoms with Crippen LogP contribution < -0.4 is 4.72 Å². The number of furan rings is 1. The largest absolute Gasteiger partial charge is 0.475 e. The van der Waals surface area contributed by atoms with Crippen LogP contribution in [-0.2, 0) is 10.0 Å². The van der Waals surface area contributed by atoms with E-state index in [0.29, 0.717) is 6.54 Å². The summed E-state index contributed by atoms with van der Waals surface area (Å²) in [7, 11) is -3.75. The number of sulfonamides is 1. The molecule has 0 aliphatic rings. The number of hydrogen-bond acceptors (Lipinski definition) is 5. The number of thioether (sulfide) groups is 1. The van der Waals surface area contributed by atoms with E-state index >= 15 is 0 Å². The van der Waals surface area contributed by atoms with Gasteiger partial charge in [-0.3, -0.25) is 0 Å². The van der Waals surface area contributed by atoms with E-state index in [1.165, 1.54) is 0 Å². The Labute approximate surface area is 123 Å². The molecule has 0 spiro atoms. The molecule has 0 fully saturated rings. The van der Waals surface area contributed by atoms with Crippen LogP contribution in [0, 0.1) is 0 Å². The zero-order valence-electron chi connectivity index (χ0n) is 11.3. The quantitative estimate of drug-likeness (QED) is 0.641. The smallest absolute Gasteiger partial charge is 0.371 e. The topological polar surface area (TPSA) is 96.6 Å². The molecule has 6 nitrogen and oxygen atoms in total. The summed E-state index contributed by atoms with van der Waals surface area (Å²) in [5, 5.41) is 8.31. The van der Waals surface area contributed by atoms with Crippen LogP contribution in [0.15, 0.2) is 21.6 Å². The van der Waals surface area contributed by atoms with Gasteiger partial charge in [0.15, 0.2) is 0 Å². The molecule has 0 bridgehead atoms. The molecule has 0 aliphatic heterocycles. The molecule has 1 aromatic rings. The highest BCUT2D eigenvalue weighted by Gasteiger charge is 2.20. The Bertz CT molecular complexity index is 524. The van der Waals surface area contributed by atoms with Crippen molar-refractivity contribution in [3.8, 4) is 0 Å². The van der Waals surface area contributed by atoms with E-state index in [-0.39, 0.29) is 10.9 Å². The molecule has 20 heavy (non-hydrogen) atoms. The molecule has 2 N–H and O–H groups in total. The fraction of sp³-hybridized carbons (Fsp3) is 0.583. The van der Waals surface area contributed by atoms with Crippen LogP contribution in [0.1, 0.15) is 36.2 Å². The number of unbranched alkanes of at least 4 members (excludes halogenated alkanes) is 3. The molecular formula is C12H19NO5S2. The van der Waals surface area contributed by atoms with E-state index in [2.05, 4.69) is 11.0 Å². The molecular weight excluding hydrogens is 302 g/mol. The van der Waals surface area contributed by atoms with Crippen LogP contribution in [0.4, 0.5) is 0 Å². The Morgan fingerprint density at radius 1 is 1.30 bits per heavy atom.